The number of benzene rings is 1. The second-order valence-corrected chi connectivity index (χ2v) is 7.55. The number of hydrogen-bond donors (Lipinski definition) is 0. The van der Waals surface area contributed by atoms with Crippen molar-refractivity contribution in [1.29, 1.82) is 0 Å². The quantitative estimate of drug-likeness (QED) is 0.793. The summed E-state index contributed by atoms with van der Waals surface area (Å²) in [5.74, 6) is 1.01. The molecule has 0 aromatic heterocycles. The summed E-state index contributed by atoms with van der Waals surface area (Å²) in [6.07, 6.45) is 2.81. The van der Waals surface area contributed by atoms with Crippen LogP contribution in [0.4, 0.5) is 0 Å². The van der Waals surface area contributed by atoms with Crippen molar-refractivity contribution in [1.82, 2.24) is 9.80 Å². The number of nitrogens with zero attached hydrogens (tertiary/aromatic N) is 2. The molecule has 2 aliphatic rings. The molecule has 0 radical (unpaired) electrons. The summed E-state index contributed by atoms with van der Waals surface area (Å²) in [6.45, 7) is 7.23. The zero-order valence-corrected chi connectivity index (χ0v) is 16.4. The number of ether oxygens (including phenoxy) is 2. The molecule has 148 valence electrons. The Kier molecular flexibility index (Phi) is 6.72. The lowest BCUT2D eigenvalue weighted by Gasteiger charge is -2.24. The minimum Gasteiger partial charge on any atom is -0.491 e. The predicted octanol–water partition coefficient (Wildman–Crippen LogP) is 2.26. The Hall–Kier alpha value is -2.08. The Morgan fingerprint density at radius 2 is 1.78 bits per heavy atom. The van der Waals surface area contributed by atoms with E-state index >= 15 is 0 Å². The fourth-order valence-corrected chi connectivity index (χ4v) is 3.61. The van der Waals surface area contributed by atoms with E-state index in [-0.39, 0.29) is 24.0 Å². The summed E-state index contributed by atoms with van der Waals surface area (Å²) in [7, 11) is 0. The van der Waals surface area contributed by atoms with Gasteiger partial charge in [-0.1, -0.05) is 12.1 Å². The molecule has 6 heteroatoms. The van der Waals surface area contributed by atoms with Crippen LogP contribution in [0.15, 0.2) is 24.3 Å². The zero-order chi connectivity index (χ0) is 19.2. The van der Waals surface area contributed by atoms with Crippen LogP contribution in [0.1, 0.15) is 38.7 Å². The van der Waals surface area contributed by atoms with Crippen LogP contribution < -0.4 is 4.74 Å². The van der Waals surface area contributed by atoms with Crippen molar-refractivity contribution in [2.24, 2.45) is 0 Å². The fourth-order valence-electron chi connectivity index (χ4n) is 3.61. The molecule has 0 aliphatic carbocycles. The molecule has 1 atom stereocenters. The van der Waals surface area contributed by atoms with Gasteiger partial charge in [-0.25, -0.2) is 0 Å². The van der Waals surface area contributed by atoms with Crippen LogP contribution in [0.25, 0.3) is 0 Å². The second-order valence-electron chi connectivity index (χ2n) is 7.55. The molecule has 1 aromatic carbocycles. The maximum Gasteiger partial charge on any atom is 0.251 e. The van der Waals surface area contributed by atoms with Crippen molar-refractivity contribution in [3.05, 3.63) is 29.8 Å². The lowest BCUT2D eigenvalue weighted by Crippen LogP contribution is -2.42. The Morgan fingerprint density at radius 3 is 2.44 bits per heavy atom. The lowest BCUT2D eigenvalue weighted by atomic mass is 10.1. The molecule has 0 spiro atoms. The maximum absolute atomic E-state index is 12.7. The first-order valence-electron chi connectivity index (χ1n) is 9.96. The third kappa shape index (κ3) is 5.45. The third-order valence-corrected chi connectivity index (χ3v) is 5.02. The van der Waals surface area contributed by atoms with Crippen molar-refractivity contribution in [2.75, 3.05) is 32.8 Å². The van der Waals surface area contributed by atoms with Crippen LogP contribution in [0, 0.1) is 0 Å². The van der Waals surface area contributed by atoms with E-state index in [0.29, 0.717) is 39.2 Å². The minimum absolute atomic E-state index is 0.0857. The predicted molar refractivity (Wildman–Crippen MR) is 103 cm³/mol. The van der Waals surface area contributed by atoms with Crippen LogP contribution in [0.2, 0.25) is 0 Å². The van der Waals surface area contributed by atoms with Crippen LogP contribution in [-0.4, -0.2) is 66.6 Å². The van der Waals surface area contributed by atoms with Crippen LogP contribution in [0.5, 0.6) is 5.75 Å². The smallest absolute Gasteiger partial charge is 0.251 e. The van der Waals surface area contributed by atoms with Gasteiger partial charge in [0.25, 0.3) is 5.91 Å². The van der Waals surface area contributed by atoms with Gasteiger partial charge in [-0.15, -0.1) is 0 Å². The molecule has 3 rings (SSSR count). The molecule has 2 amide bonds. The second kappa shape index (κ2) is 9.22. The van der Waals surface area contributed by atoms with E-state index < -0.39 is 0 Å². The first-order valence-corrected chi connectivity index (χ1v) is 9.96. The Labute approximate surface area is 161 Å². The van der Waals surface area contributed by atoms with Crippen molar-refractivity contribution in [3.8, 4) is 5.75 Å². The number of hydrogen-bond acceptors (Lipinski definition) is 4. The standard InChI is InChI=1S/C21H30N2O4/c1-16(2)27-18-8-6-17(7-9-18)15-20(24)22-10-4-11-23(13-12-22)21(25)19-5-3-14-26-19/h6-9,16,19H,3-5,10-15H2,1-2H3. The van der Waals surface area contributed by atoms with E-state index in [1.807, 2.05) is 47.9 Å². The minimum atomic E-state index is -0.279. The number of amides is 2. The van der Waals surface area contributed by atoms with E-state index in [1.165, 1.54) is 0 Å². The highest BCUT2D eigenvalue weighted by molar-refractivity contribution is 5.82. The van der Waals surface area contributed by atoms with E-state index in [1.54, 1.807) is 0 Å². The van der Waals surface area contributed by atoms with Crippen molar-refractivity contribution >= 4 is 11.8 Å². The Morgan fingerprint density at radius 1 is 1.07 bits per heavy atom. The summed E-state index contributed by atoms with van der Waals surface area (Å²) in [5, 5.41) is 0. The molecule has 2 saturated heterocycles. The van der Waals surface area contributed by atoms with Gasteiger partial charge < -0.3 is 19.3 Å². The largest absolute Gasteiger partial charge is 0.491 e. The molecule has 0 bridgehead atoms. The van der Waals surface area contributed by atoms with Crippen LogP contribution in [-0.2, 0) is 20.7 Å². The molecule has 0 N–H and O–H groups in total. The average Bonchev–Trinajstić information content (AvgIpc) is 3.06. The highest BCUT2D eigenvalue weighted by Gasteiger charge is 2.30. The molecule has 1 unspecified atom stereocenters. The topological polar surface area (TPSA) is 59.1 Å². The first kappa shape index (κ1) is 19.7. The van der Waals surface area contributed by atoms with Crippen molar-refractivity contribution in [3.63, 3.8) is 0 Å². The van der Waals surface area contributed by atoms with Gasteiger partial charge in [0, 0.05) is 32.8 Å². The van der Waals surface area contributed by atoms with E-state index in [4.69, 9.17) is 9.47 Å². The van der Waals surface area contributed by atoms with Gasteiger partial charge in [-0.3, -0.25) is 9.59 Å². The SMILES string of the molecule is CC(C)Oc1ccc(CC(=O)N2CCCN(C(=O)C3CCCO3)CC2)cc1. The van der Waals surface area contributed by atoms with Gasteiger partial charge in [-0.2, -0.15) is 0 Å². The zero-order valence-electron chi connectivity index (χ0n) is 16.4. The lowest BCUT2D eigenvalue weighted by molar-refractivity contribution is -0.141. The number of carbonyl (C=O) groups excluding carboxylic acids is 2. The van der Waals surface area contributed by atoms with Crippen molar-refractivity contribution in [2.45, 2.75) is 51.7 Å². The summed E-state index contributed by atoms with van der Waals surface area (Å²) < 4.78 is 11.2. The maximum atomic E-state index is 12.7. The van der Waals surface area contributed by atoms with Crippen LogP contribution >= 0.6 is 0 Å². The Bertz CT molecular complexity index is 638. The molecule has 0 saturated carbocycles. The summed E-state index contributed by atoms with van der Waals surface area (Å²) in [5.41, 5.74) is 0.979. The molecule has 2 heterocycles. The van der Waals surface area contributed by atoms with Gasteiger partial charge in [0.05, 0.1) is 12.5 Å². The molecule has 27 heavy (non-hydrogen) atoms. The molecule has 2 aliphatic heterocycles. The van der Waals surface area contributed by atoms with Crippen molar-refractivity contribution < 1.29 is 19.1 Å². The molecule has 1 aromatic rings. The number of rotatable bonds is 5. The Balaban J connectivity index is 1.51. The van der Waals surface area contributed by atoms with Gasteiger partial charge in [0.1, 0.15) is 11.9 Å². The molecular formula is C21H30N2O4. The normalized spacial score (nSPS) is 20.6. The van der Waals surface area contributed by atoms with E-state index in [2.05, 4.69) is 0 Å². The first-order chi connectivity index (χ1) is 13.0. The average molecular weight is 374 g/mol. The highest BCUT2D eigenvalue weighted by Crippen LogP contribution is 2.17. The monoisotopic (exact) mass is 374 g/mol. The van der Waals surface area contributed by atoms with Gasteiger partial charge >= 0.3 is 0 Å². The van der Waals surface area contributed by atoms with E-state index in [0.717, 1.165) is 30.6 Å². The van der Waals surface area contributed by atoms with Crippen LogP contribution in [0.3, 0.4) is 0 Å². The molecular weight excluding hydrogens is 344 g/mol. The van der Waals surface area contributed by atoms with Gasteiger partial charge in [0.2, 0.25) is 5.91 Å². The summed E-state index contributed by atoms with van der Waals surface area (Å²) in [4.78, 5) is 28.9. The third-order valence-electron chi connectivity index (χ3n) is 5.02. The van der Waals surface area contributed by atoms with Gasteiger partial charge in [-0.05, 0) is 50.8 Å². The summed E-state index contributed by atoms with van der Waals surface area (Å²) in [6, 6.07) is 7.71. The van der Waals surface area contributed by atoms with Gasteiger partial charge in [0.15, 0.2) is 0 Å². The molecule has 2 fully saturated rings. The fraction of sp³-hybridized carbons (Fsp3) is 0.619. The summed E-state index contributed by atoms with van der Waals surface area (Å²) >= 11 is 0. The highest BCUT2D eigenvalue weighted by atomic mass is 16.5. The van der Waals surface area contributed by atoms with E-state index in [9.17, 15) is 9.59 Å². The molecule has 6 nitrogen and oxygen atoms in total. The number of carbonyl (C=O) groups is 2.